The van der Waals surface area contributed by atoms with Crippen molar-refractivity contribution in [2.45, 2.75) is 51.2 Å². The normalized spacial score (nSPS) is 17.8. The van der Waals surface area contributed by atoms with Gasteiger partial charge in [0.2, 0.25) is 0 Å². The Morgan fingerprint density at radius 1 is 0.804 bits per heavy atom. The number of hydrogen-bond acceptors (Lipinski definition) is 5. The molecule has 4 aromatic carbocycles. The van der Waals surface area contributed by atoms with Crippen molar-refractivity contribution in [3.05, 3.63) is 148 Å². The average molecular weight is 658 g/mol. The van der Waals surface area contributed by atoms with Gasteiger partial charge in [0.05, 0.1) is 31.7 Å². The first-order valence-corrected chi connectivity index (χ1v) is 15.8. The summed E-state index contributed by atoms with van der Waals surface area (Å²) >= 11 is 12.5. The summed E-state index contributed by atoms with van der Waals surface area (Å²) in [5.41, 5.74) is 6.72. The van der Waals surface area contributed by atoms with Crippen LogP contribution in [0, 0.1) is 0 Å². The molecule has 1 saturated heterocycles. The van der Waals surface area contributed by atoms with Gasteiger partial charge in [-0.15, -0.1) is 0 Å². The zero-order chi connectivity index (χ0) is 31.9. The molecular formula is C36H34Cl2N4O4. The van der Waals surface area contributed by atoms with E-state index in [0.717, 1.165) is 38.9 Å². The first-order chi connectivity index (χ1) is 22.4. The van der Waals surface area contributed by atoms with Gasteiger partial charge in [-0.25, -0.2) is 9.78 Å². The molecule has 3 N–H and O–H groups in total. The number of hydrogen-bond donors (Lipinski definition) is 3. The van der Waals surface area contributed by atoms with Crippen LogP contribution in [0.1, 0.15) is 46.6 Å². The smallest absolute Gasteiger partial charge is 0.315 e. The van der Waals surface area contributed by atoms with Crippen molar-refractivity contribution in [1.29, 1.82) is 0 Å². The maximum absolute atomic E-state index is 12.4. The standard InChI is InChI=1S/C36H34Cl2N4O4/c37-33-34(38)42(23-41-33)21-31-18-32(27-14-12-25(22-43)13-15-27)46-35(45-31)30-11-5-10-29(17-30)28-9-4-8-26(16-28)20-40-36(44)39-19-24-6-2-1-3-7-24/h1-17,23,31-32,35,43H,18-22H2,(H2,39,40,44). The molecule has 3 atom stereocenters. The molecule has 0 saturated carbocycles. The number of nitrogens with one attached hydrogen (secondary N) is 2. The number of carbonyl (C=O) groups excluding carboxylic acids is 1. The van der Waals surface area contributed by atoms with Gasteiger partial charge >= 0.3 is 6.03 Å². The minimum Gasteiger partial charge on any atom is -0.392 e. The third-order valence-corrected chi connectivity index (χ3v) is 8.69. The number of aromatic nitrogens is 2. The van der Waals surface area contributed by atoms with Crippen molar-refractivity contribution in [2.75, 3.05) is 0 Å². The van der Waals surface area contributed by atoms with Gasteiger partial charge in [-0.3, -0.25) is 0 Å². The van der Waals surface area contributed by atoms with Gasteiger partial charge in [0, 0.05) is 25.1 Å². The summed E-state index contributed by atoms with van der Waals surface area (Å²) in [6.45, 7) is 1.29. The molecule has 1 fully saturated rings. The molecular weight excluding hydrogens is 623 g/mol. The number of carbonyl (C=O) groups is 1. The largest absolute Gasteiger partial charge is 0.392 e. The summed E-state index contributed by atoms with van der Waals surface area (Å²) in [6.07, 6.45) is 1.07. The molecule has 2 amide bonds. The first kappa shape index (κ1) is 31.8. The van der Waals surface area contributed by atoms with Crippen LogP contribution >= 0.6 is 23.2 Å². The van der Waals surface area contributed by atoms with Gasteiger partial charge in [-0.2, -0.15) is 0 Å². The SMILES string of the molecule is O=C(NCc1ccccc1)NCc1cccc(-c2cccc(C3OC(Cn4cnc(Cl)c4Cl)CC(c4ccc(CO)cc4)O3)c2)c1. The quantitative estimate of drug-likeness (QED) is 0.144. The van der Waals surface area contributed by atoms with E-state index in [2.05, 4.69) is 27.8 Å². The van der Waals surface area contributed by atoms with Crippen molar-refractivity contribution < 1.29 is 19.4 Å². The summed E-state index contributed by atoms with van der Waals surface area (Å²) in [6, 6.07) is 33.5. The van der Waals surface area contributed by atoms with Gasteiger partial charge < -0.3 is 29.8 Å². The number of halogens is 2. The molecule has 0 aliphatic carbocycles. The lowest BCUT2D eigenvalue weighted by atomic mass is 9.98. The number of imidazole rings is 1. The molecule has 10 heteroatoms. The molecule has 0 spiro atoms. The summed E-state index contributed by atoms with van der Waals surface area (Å²) in [4.78, 5) is 16.5. The minimum atomic E-state index is -0.642. The van der Waals surface area contributed by atoms with Crippen LogP contribution < -0.4 is 10.6 Å². The van der Waals surface area contributed by atoms with Crippen molar-refractivity contribution >= 4 is 29.2 Å². The van der Waals surface area contributed by atoms with Gasteiger partial charge in [0.15, 0.2) is 11.4 Å². The van der Waals surface area contributed by atoms with Crippen LogP contribution in [0.25, 0.3) is 11.1 Å². The van der Waals surface area contributed by atoms with Crippen LogP contribution in [0.5, 0.6) is 0 Å². The number of benzene rings is 4. The average Bonchev–Trinajstić information content (AvgIpc) is 3.42. The highest BCUT2D eigenvalue weighted by molar-refractivity contribution is 6.40. The Balaban J connectivity index is 1.17. The Kier molecular flexibility index (Phi) is 10.3. The predicted octanol–water partition coefficient (Wildman–Crippen LogP) is 7.59. The fourth-order valence-electron chi connectivity index (χ4n) is 5.47. The molecule has 0 radical (unpaired) electrons. The topological polar surface area (TPSA) is 97.6 Å². The Bertz CT molecular complexity index is 1760. The number of urea groups is 1. The number of rotatable bonds is 10. The van der Waals surface area contributed by atoms with Crippen LogP contribution in [0.3, 0.4) is 0 Å². The van der Waals surface area contributed by atoms with Crippen LogP contribution in [-0.4, -0.2) is 26.8 Å². The molecule has 6 rings (SSSR count). The fraction of sp³-hybridized carbons (Fsp3) is 0.222. The number of nitrogens with zero attached hydrogens (tertiary/aromatic N) is 2. The van der Waals surface area contributed by atoms with Crippen LogP contribution in [-0.2, 0) is 35.7 Å². The maximum atomic E-state index is 12.4. The molecule has 3 unspecified atom stereocenters. The molecule has 1 aliphatic heterocycles. The molecule has 0 bridgehead atoms. The highest BCUT2D eigenvalue weighted by Gasteiger charge is 2.33. The van der Waals surface area contributed by atoms with Crippen molar-refractivity contribution in [3.8, 4) is 11.1 Å². The molecule has 236 valence electrons. The second-order valence-electron chi connectivity index (χ2n) is 11.2. The van der Waals surface area contributed by atoms with Gasteiger partial charge in [0.25, 0.3) is 0 Å². The fourth-order valence-corrected chi connectivity index (χ4v) is 5.78. The third-order valence-electron chi connectivity index (χ3n) is 7.92. The maximum Gasteiger partial charge on any atom is 0.315 e. The van der Waals surface area contributed by atoms with E-state index < -0.39 is 6.29 Å². The molecule has 1 aliphatic rings. The Morgan fingerprint density at radius 2 is 1.50 bits per heavy atom. The van der Waals surface area contributed by atoms with Gasteiger partial charge in [-0.1, -0.05) is 114 Å². The number of aliphatic hydroxyl groups excluding tert-OH is 1. The van der Waals surface area contributed by atoms with E-state index in [9.17, 15) is 9.90 Å². The molecule has 1 aromatic heterocycles. The molecule has 5 aromatic rings. The van der Waals surface area contributed by atoms with Crippen LogP contribution in [0.4, 0.5) is 4.79 Å². The lowest BCUT2D eigenvalue weighted by Crippen LogP contribution is -2.34. The highest BCUT2D eigenvalue weighted by Crippen LogP contribution is 2.39. The Morgan fingerprint density at radius 3 is 2.22 bits per heavy atom. The van der Waals surface area contributed by atoms with Gasteiger partial charge in [-0.05, 0) is 45.5 Å². The molecule has 2 heterocycles. The monoisotopic (exact) mass is 656 g/mol. The van der Waals surface area contributed by atoms with E-state index in [-0.39, 0.29) is 30.0 Å². The Labute approximate surface area is 277 Å². The summed E-state index contributed by atoms with van der Waals surface area (Å²) in [7, 11) is 0. The van der Waals surface area contributed by atoms with Crippen molar-refractivity contribution in [3.63, 3.8) is 0 Å². The number of aliphatic hydroxyl groups is 1. The summed E-state index contributed by atoms with van der Waals surface area (Å²) < 4.78 is 14.8. The molecule has 8 nitrogen and oxygen atoms in total. The lowest BCUT2D eigenvalue weighted by molar-refractivity contribution is -0.252. The minimum absolute atomic E-state index is 0.0223. The molecule has 46 heavy (non-hydrogen) atoms. The zero-order valence-electron chi connectivity index (χ0n) is 25.0. The summed E-state index contributed by atoms with van der Waals surface area (Å²) in [5.74, 6) is 0. The Hall–Kier alpha value is -4.18. The van der Waals surface area contributed by atoms with Crippen LogP contribution in [0.15, 0.2) is 109 Å². The highest BCUT2D eigenvalue weighted by atomic mass is 35.5. The third kappa shape index (κ3) is 7.96. The van der Waals surface area contributed by atoms with E-state index in [4.69, 9.17) is 32.7 Å². The van der Waals surface area contributed by atoms with E-state index in [0.29, 0.717) is 31.2 Å². The van der Waals surface area contributed by atoms with Crippen LogP contribution in [0.2, 0.25) is 10.3 Å². The van der Waals surface area contributed by atoms with Crippen molar-refractivity contribution in [2.24, 2.45) is 0 Å². The second-order valence-corrected chi connectivity index (χ2v) is 11.9. The van der Waals surface area contributed by atoms with Crippen molar-refractivity contribution in [1.82, 2.24) is 20.2 Å². The second kappa shape index (κ2) is 14.9. The van der Waals surface area contributed by atoms with E-state index in [1.165, 1.54) is 0 Å². The van der Waals surface area contributed by atoms with E-state index in [1.54, 1.807) is 10.9 Å². The predicted molar refractivity (Wildman–Crippen MR) is 178 cm³/mol. The lowest BCUT2D eigenvalue weighted by Gasteiger charge is -2.36. The van der Waals surface area contributed by atoms with Gasteiger partial charge in [0.1, 0.15) is 5.15 Å². The number of amides is 2. The van der Waals surface area contributed by atoms with E-state index in [1.807, 2.05) is 91.0 Å². The number of ether oxygens (including phenoxy) is 2. The van der Waals surface area contributed by atoms with E-state index >= 15 is 0 Å². The summed E-state index contributed by atoms with van der Waals surface area (Å²) in [5, 5.41) is 16.0. The first-order valence-electron chi connectivity index (χ1n) is 15.1. The zero-order valence-corrected chi connectivity index (χ0v) is 26.5.